The van der Waals surface area contributed by atoms with E-state index in [1.807, 2.05) is 37.3 Å². The van der Waals surface area contributed by atoms with Crippen LogP contribution in [0.15, 0.2) is 51.7 Å². The summed E-state index contributed by atoms with van der Waals surface area (Å²) in [6.07, 6.45) is 3.38. The Hall–Kier alpha value is -3.02. The highest BCUT2D eigenvalue weighted by Crippen LogP contribution is 2.25. The third kappa shape index (κ3) is 2.06. The highest BCUT2D eigenvalue weighted by molar-refractivity contribution is 5.78. The summed E-state index contributed by atoms with van der Waals surface area (Å²) in [4.78, 5) is 12.7. The molecule has 0 aliphatic carbocycles. The fourth-order valence-electron chi connectivity index (χ4n) is 2.13. The number of nitrogens with zero attached hydrogens (tertiary/aromatic N) is 4. The van der Waals surface area contributed by atoms with E-state index in [4.69, 9.17) is 8.94 Å². The number of hydrogen-bond acceptors (Lipinski definition) is 6. The summed E-state index contributed by atoms with van der Waals surface area (Å²) in [5.74, 6) is 1.58. The number of rotatable bonds is 2. The molecule has 0 saturated carbocycles. The first-order chi connectivity index (χ1) is 10.3. The molecule has 0 spiro atoms. The van der Waals surface area contributed by atoms with Crippen LogP contribution < -0.4 is 0 Å². The Labute approximate surface area is 119 Å². The Morgan fingerprint density at radius 3 is 2.86 bits per heavy atom. The minimum absolute atomic E-state index is 0.439. The number of hydrogen-bond donors (Lipinski definition) is 0. The monoisotopic (exact) mass is 278 g/mol. The molecule has 0 aliphatic heterocycles. The third-order valence-electron chi connectivity index (χ3n) is 3.09. The smallest absolute Gasteiger partial charge is 0.259 e. The molecule has 0 saturated heterocycles. The van der Waals surface area contributed by atoms with Gasteiger partial charge in [-0.3, -0.25) is 4.98 Å². The molecule has 0 aliphatic rings. The van der Waals surface area contributed by atoms with Gasteiger partial charge in [0.25, 0.3) is 5.89 Å². The molecule has 0 radical (unpaired) electrons. The summed E-state index contributed by atoms with van der Waals surface area (Å²) in [5, 5.41) is 4.00. The van der Waals surface area contributed by atoms with Crippen LogP contribution in [-0.4, -0.2) is 20.1 Å². The second-order valence-corrected chi connectivity index (χ2v) is 4.58. The topological polar surface area (TPSA) is 77.8 Å². The Bertz CT molecular complexity index is 912. The molecule has 6 heteroatoms. The first-order valence-electron chi connectivity index (χ1n) is 6.41. The van der Waals surface area contributed by atoms with Gasteiger partial charge in [0.15, 0.2) is 11.5 Å². The van der Waals surface area contributed by atoms with Crippen molar-refractivity contribution in [2.24, 2.45) is 0 Å². The highest BCUT2D eigenvalue weighted by Gasteiger charge is 2.12. The largest absolute Gasteiger partial charge is 0.441 e. The molecule has 0 N–H and O–H groups in total. The summed E-state index contributed by atoms with van der Waals surface area (Å²) in [6, 6.07) is 9.30. The van der Waals surface area contributed by atoms with Crippen molar-refractivity contribution in [3.05, 3.63) is 48.6 Å². The number of oxazole rings is 1. The molecule has 0 amide bonds. The molecule has 3 heterocycles. The van der Waals surface area contributed by atoms with Crippen LogP contribution in [0, 0.1) is 6.92 Å². The summed E-state index contributed by atoms with van der Waals surface area (Å²) in [6.45, 7) is 1.81. The highest BCUT2D eigenvalue weighted by atomic mass is 16.5. The number of fused-ring (bicyclic) bond motifs is 1. The summed E-state index contributed by atoms with van der Waals surface area (Å²) in [7, 11) is 0. The molecule has 0 unspecified atom stereocenters. The standard InChI is InChI=1S/C15H10N4O2/c1-9-17-12-7-10(4-5-13(12)20-9)14-18-15(21-19-14)11-3-2-6-16-8-11/h2-8H,1H3. The molecule has 6 nitrogen and oxygen atoms in total. The lowest BCUT2D eigenvalue weighted by Crippen LogP contribution is -1.82. The molecule has 1 aromatic carbocycles. The predicted molar refractivity (Wildman–Crippen MR) is 75.3 cm³/mol. The van der Waals surface area contributed by atoms with Crippen molar-refractivity contribution in [3.63, 3.8) is 0 Å². The molecule has 3 aromatic heterocycles. The number of benzene rings is 1. The van der Waals surface area contributed by atoms with Gasteiger partial charge in [-0.2, -0.15) is 4.98 Å². The zero-order valence-corrected chi connectivity index (χ0v) is 11.1. The Kier molecular flexibility index (Phi) is 2.53. The lowest BCUT2D eigenvalue weighted by Gasteiger charge is -1.93. The van der Waals surface area contributed by atoms with Crippen molar-refractivity contribution in [1.29, 1.82) is 0 Å². The Morgan fingerprint density at radius 2 is 2.00 bits per heavy atom. The first-order valence-corrected chi connectivity index (χ1v) is 6.41. The van der Waals surface area contributed by atoms with Crippen LogP contribution in [0.4, 0.5) is 0 Å². The van der Waals surface area contributed by atoms with Crippen LogP contribution in [0.1, 0.15) is 5.89 Å². The van der Waals surface area contributed by atoms with E-state index in [9.17, 15) is 0 Å². The lowest BCUT2D eigenvalue weighted by atomic mass is 10.2. The molecule has 4 aromatic rings. The van der Waals surface area contributed by atoms with E-state index in [1.165, 1.54) is 0 Å². The van der Waals surface area contributed by atoms with E-state index >= 15 is 0 Å². The van der Waals surface area contributed by atoms with Crippen molar-refractivity contribution in [1.82, 2.24) is 20.1 Å². The van der Waals surface area contributed by atoms with Gasteiger partial charge in [-0.25, -0.2) is 4.98 Å². The van der Waals surface area contributed by atoms with Gasteiger partial charge in [0, 0.05) is 24.9 Å². The van der Waals surface area contributed by atoms with Gasteiger partial charge in [-0.15, -0.1) is 0 Å². The van der Waals surface area contributed by atoms with Crippen molar-refractivity contribution in [2.75, 3.05) is 0 Å². The number of pyridine rings is 1. The predicted octanol–water partition coefficient (Wildman–Crippen LogP) is 3.25. The van der Waals surface area contributed by atoms with Crippen molar-refractivity contribution < 1.29 is 8.94 Å². The van der Waals surface area contributed by atoms with Crippen LogP contribution in [0.3, 0.4) is 0 Å². The van der Waals surface area contributed by atoms with Gasteiger partial charge < -0.3 is 8.94 Å². The van der Waals surface area contributed by atoms with Gasteiger partial charge >= 0.3 is 0 Å². The van der Waals surface area contributed by atoms with Gasteiger partial charge in [0.05, 0.1) is 5.56 Å². The molecule has 102 valence electrons. The zero-order valence-electron chi connectivity index (χ0n) is 11.1. The molecule has 0 atom stereocenters. The Balaban J connectivity index is 1.77. The molecule has 0 fully saturated rings. The maximum atomic E-state index is 5.45. The van der Waals surface area contributed by atoms with Crippen molar-refractivity contribution >= 4 is 11.1 Å². The van der Waals surface area contributed by atoms with Crippen LogP contribution in [0.25, 0.3) is 33.9 Å². The average molecular weight is 278 g/mol. The summed E-state index contributed by atoms with van der Waals surface area (Å²) >= 11 is 0. The van der Waals surface area contributed by atoms with Crippen LogP contribution in [0.5, 0.6) is 0 Å². The minimum Gasteiger partial charge on any atom is -0.441 e. The number of aromatic nitrogens is 4. The van der Waals surface area contributed by atoms with Gasteiger partial charge in [0.2, 0.25) is 5.82 Å². The maximum absolute atomic E-state index is 5.45. The van der Waals surface area contributed by atoms with E-state index in [-0.39, 0.29) is 0 Å². The SMILES string of the molecule is Cc1nc2cc(-c3noc(-c4cccnc4)n3)ccc2o1. The van der Waals surface area contributed by atoms with Crippen LogP contribution in [0.2, 0.25) is 0 Å². The van der Waals surface area contributed by atoms with E-state index in [0.717, 1.165) is 22.2 Å². The minimum atomic E-state index is 0.439. The van der Waals surface area contributed by atoms with Crippen molar-refractivity contribution in [2.45, 2.75) is 6.92 Å². The fraction of sp³-hybridized carbons (Fsp3) is 0.0667. The second kappa shape index (κ2) is 4.52. The maximum Gasteiger partial charge on any atom is 0.259 e. The summed E-state index contributed by atoms with van der Waals surface area (Å²) < 4.78 is 10.7. The summed E-state index contributed by atoms with van der Waals surface area (Å²) in [5.41, 5.74) is 3.13. The van der Waals surface area contributed by atoms with Gasteiger partial charge in [-0.1, -0.05) is 5.16 Å². The third-order valence-corrected chi connectivity index (χ3v) is 3.09. The van der Waals surface area contributed by atoms with E-state index in [1.54, 1.807) is 12.4 Å². The Morgan fingerprint density at radius 1 is 1.05 bits per heavy atom. The fourth-order valence-corrected chi connectivity index (χ4v) is 2.13. The molecule has 4 rings (SSSR count). The van der Waals surface area contributed by atoms with E-state index in [2.05, 4.69) is 20.1 Å². The molecule has 21 heavy (non-hydrogen) atoms. The average Bonchev–Trinajstić information content (AvgIpc) is 3.12. The molecule has 0 bridgehead atoms. The number of aryl methyl sites for hydroxylation is 1. The van der Waals surface area contributed by atoms with Crippen LogP contribution in [-0.2, 0) is 0 Å². The second-order valence-electron chi connectivity index (χ2n) is 4.58. The zero-order chi connectivity index (χ0) is 14.2. The first kappa shape index (κ1) is 11.8. The van der Waals surface area contributed by atoms with Crippen molar-refractivity contribution in [3.8, 4) is 22.8 Å². The molecular formula is C15H10N4O2. The van der Waals surface area contributed by atoms with Gasteiger partial charge in [0.1, 0.15) is 5.52 Å². The van der Waals surface area contributed by atoms with Crippen LogP contribution >= 0.6 is 0 Å². The molecular weight excluding hydrogens is 268 g/mol. The lowest BCUT2D eigenvalue weighted by molar-refractivity contribution is 0.432. The quantitative estimate of drug-likeness (QED) is 0.560. The van der Waals surface area contributed by atoms with Gasteiger partial charge in [-0.05, 0) is 30.3 Å². The normalized spacial score (nSPS) is 11.1. The van der Waals surface area contributed by atoms with E-state index < -0.39 is 0 Å². The van der Waals surface area contributed by atoms with E-state index in [0.29, 0.717) is 17.6 Å².